The molecule has 0 aromatic heterocycles. The normalized spacial score (nSPS) is 22.6. The summed E-state index contributed by atoms with van der Waals surface area (Å²) in [5, 5.41) is 2.75. The van der Waals surface area contributed by atoms with Crippen molar-refractivity contribution < 1.29 is 17.9 Å². The van der Waals surface area contributed by atoms with E-state index in [1.54, 1.807) is 20.8 Å². The standard InChI is InChI=1S/C12H24N2O4S/c1-12(2,3)18-11(15)13-10-7-5-6-8-14(9-10)19(4,16)17/h10H,5-9H2,1-4H3,(H,13,15). The molecule has 1 aliphatic heterocycles. The third-order valence-corrected chi connectivity index (χ3v) is 4.09. The van der Waals surface area contributed by atoms with Crippen LogP contribution in [-0.4, -0.2) is 49.8 Å². The van der Waals surface area contributed by atoms with E-state index in [2.05, 4.69) is 5.32 Å². The number of nitrogens with zero attached hydrogens (tertiary/aromatic N) is 1. The molecule has 1 aliphatic rings. The van der Waals surface area contributed by atoms with Crippen molar-refractivity contribution in [3.63, 3.8) is 0 Å². The lowest BCUT2D eigenvalue weighted by atomic mass is 10.1. The van der Waals surface area contributed by atoms with Crippen molar-refractivity contribution in [1.82, 2.24) is 9.62 Å². The van der Waals surface area contributed by atoms with E-state index < -0.39 is 21.7 Å². The number of hydrogen-bond acceptors (Lipinski definition) is 4. The van der Waals surface area contributed by atoms with Crippen molar-refractivity contribution in [3.05, 3.63) is 0 Å². The second-order valence-corrected chi connectivity index (χ2v) is 7.94. The molecule has 1 rings (SSSR count). The molecule has 1 unspecified atom stereocenters. The van der Waals surface area contributed by atoms with Crippen molar-refractivity contribution in [3.8, 4) is 0 Å². The average Bonchev–Trinajstić information content (AvgIpc) is 2.38. The summed E-state index contributed by atoms with van der Waals surface area (Å²) in [6, 6.07) is -0.188. The Morgan fingerprint density at radius 1 is 1.32 bits per heavy atom. The molecule has 6 nitrogen and oxygen atoms in total. The van der Waals surface area contributed by atoms with Gasteiger partial charge < -0.3 is 10.1 Å². The highest BCUT2D eigenvalue weighted by Gasteiger charge is 2.26. The van der Waals surface area contributed by atoms with Crippen molar-refractivity contribution in [2.75, 3.05) is 19.3 Å². The van der Waals surface area contributed by atoms with Gasteiger partial charge in [-0.2, -0.15) is 0 Å². The fraction of sp³-hybridized carbons (Fsp3) is 0.917. The molecular weight excluding hydrogens is 268 g/mol. The summed E-state index contributed by atoms with van der Waals surface area (Å²) in [5.74, 6) is 0. The Kier molecular flexibility index (Phi) is 5.20. The number of ether oxygens (including phenoxy) is 1. The number of carbonyl (C=O) groups excluding carboxylic acids is 1. The number of carbonyl (C=O) groups is 1. The maximum Gasteiger partial charge on any atom is 0.407 e. The molecule has 112 valence electrons. The molecule has 0 aliphatic carbocycles. The van der Waals surface area contributed by atoms with Crippen LogP contribution in [0.3, 0.4) is 0 Å². The van der Waals surface area contributed by atoms with Gasteiger partial charge in [-0.1, -0.05) is 6.42 Å². The molecule has 1 atom stereocenters. The molecule has 1 saturated heterocycles. The molecule has 0 radical (unpaired) electrons. The Hall–Kier alpha value is -0.820. The van der Waals surface area contributed by atoms with Gasteiger partial charge >= 0.3 is 6.09 Å². The van der Waals surface area contributed by atoms with Crippen LogP contribution in [0.15, 0.2) is 0 Å². The maximum absolute atomic E-state index is 11.7. The van der Waals surface area contributed by atoms with Crippen LogP contribution in [0.4, 0.5) is 4.79 Å². The molecule has 0 bridgehead atoms. The van der Waals surface area contributed by atoms with E-state index in [1.165, 1.54) is 10.6 Å². The zero-order valence-electron chi connectivity index (χ0n) is 12.1. The monoisotopic (exact) mass is 292 g/mol. The smallest absolute Gasteiger partial charge is 0.407 e. The minimum Gasteiger partial charge on any atom is -0.444 e. The van der Waals surface area contributed by atoms with Gasteiger partial charge in [-0.05, 0) is 33.6 Å². The lowest BCUT2D eigenvalue weighted by molar-refractivity contribution is 0.0498. The van der Waals surface area contributed by atoms with Gasteiger partial charge in [0.05, 0.1) is 6.26 Å². The van der Waals surface area contributed by atoms with Gasteiger partial charge in [-0.25, -0.2) is 17.5 Å². The van der Waals surface area contributed by atoms with Crippen molar-refractivity contribution in [1.29, 1.82) is 0 Å². The van der Waals surface area contributed by atoms with Crippen molar-refractivity contribution >= 4 is 16.1 Å². The molecule has 1 fully saturated rings. The average molecular weight is 292 g/mol. The molecule has 0 saturated carbocycles. The van der Waals surface area contributed by atoms with Gasteiger partial charge in [0.1, 0.15) is 5.60 Å². The van der Waals surface area contributed by atoms with Crippen molar-refractivity contribution in [2.45, 2.75) is 51.7 Å². The lowest BCUT2D eigenvalue weighted by Gasteiger charge is -2.25. The largest absolute Gasteiger partial charge is 0.444 e. The van der Waals surface area contributed by atoms with E-state index in [0.29, 0.717) is 13.1 Å². The van der Waals surface area contributed by atoms with Gasteiger partial charge in [0.25, 0.3) is 0 Å². The Morgan fingerprint density at radius 2 is 1.95 bits per heavy atom. The summed E-state index contributed by atoms with van der Waals surface area (Å²) in [6.07, 6.45) is 3.19. The highest BCUT2D eigenvalue weighted by atomic mass is 32.2. The number of rotatable bonds is 2. The van der Waals surface area contributed by atoms with E-state index in [4.69, 9.17) is 4.74 Å². The number of hydrogen-bond donors (Lipinski definition) is 1. The minimum absolute atomic E-state index is 0.188. The quantitative estimate of drug-likeness (QED) is 0.833. The second kappa shape index (κ2) is 6.09. The summed E-state index contributed by atoms with van der Waals surface area (Å²) in [4.78, 5) is 11.7. The van der Waals surface area contributed by atoms with E-state index in [1.807, 2.05) is 0 Å². The van der Waals surface area contributed by atoms with Crippen LogP contribution >= 0.6 is 0 Å². The highest BCUT2D eigenvalue weighted by Crippen LogP contribution is 2.14. The summed E-state index contributed by atoms with van der Waals surface area (Å²) >= 11 is 0. The van der Waals surface area contributed by atoms with Gasteiger partial charge in [0.2, 0.25) is 10.0 Å². The molecule has 1 heterocycles. The highest BCUT2D eigenvalue weighted by molar-refractivity contribution is 7.88. The van der Waals surface area contributed by atoms with Crippen LogP contribution in [0.2, 0.25) is 0 Å². The molecule has 1 N–H and O–H groups in total. The van der Waals surface area contributed by atoms with Crippen LogP contribution in [0.5, 0.6) is 0 Å². The summed E-state index contributed by atoms with van der Waals surface area (Å²) in [5.41, 5.74) is -0.550. The summed E-state index contributed by atoms with van der Waals surface area (Å²) in [7, 11) is -3.21. The van der Waals surface area contributed by atoms with E-state index in [0.717, 1.165) is 19.3 Å². The first-order valence-electron chi connectivity index (χ1n) is 6.52. The SMILES string of the molecule is CC(C)(C)OC(=O)NC1CCCCN(S(C)(=O)=O)C1. The predicted octanol–water partition coefficient (Wildman–Crippen LogP) is 1.33. The third kappa shape index (κ3) is 6.24. The number of sulfonamides is 1. The van der Waals surface area contributed by atoms with Crippen LogP contribution in [0, 0.1) is 0 Å². The molecule has 0 aromatic carbocycles. The van der Waals surface area contributed by atoms with Gasteiger partial charge in [-0.3, -0.25) is 0 Å². The first-order valence-corrected chi connectivity index (χ1v) is 8.37. The van der Waals surface area contributed by atoms with Crippen molar-refractivity contribution in [2.24, 2.45) is 0 Å². The van der Waals surface area contributed by atoms with Crippen LogP contribution in [-0.2, 0) is 14.8 Å². The maximum atomic E-state index is 11.7. The van der Waals surface area contributed by atoms with Gasteiger partial charge in [0.15, 0.2) is 0 Å². The van der Waals surface area contributed by atoms with Crippen LogP contribution < -0.4 is 5.32 Å². The minimum atomic E-state index is -3.21. The fourth-order valence-corrected chi connectivity index (χ4v) is 2.91. The van der Waals surface area contributed by atoms with Crippen LogP contribution in [0.25, 0.3) is 0 Å². The van der Waals surface area contributed by atoms with Crippen LogP contribution in [0.1, 0.15) is 40.0 Å². The lowest BCUT2D eigenvalue weighted by Crippen LogP contribution is -2.45. The fourth-order valence-electron chi connectivity index (χ4n) is 2.00. The number of alkyl carbamates (subject to hydrolysis) is 1. The number of nitrogens with one attached hydrogen (secondary N) is 1. The van der Waals surface area contributed by atoms with Gasteiger partial charge in [0, 0.05) is 19.1 Å². The summed E-state index contributed by atoms with van der Waals surface area (Å²) in [6.45, 7) is 6.22. The Morgan fingerprint density at radius 3 is 2.47 bits per heavy atom. The predicted molar refractivity (Wildman–Crippen MR) is 73.4 cm³/mol. The molecule has 0 spiro atoms. The van der Waals surface area contributed by atoms with Gasteiger partial charge in [-0.15, -0.1) is 0 Å². The molecule has 1 amide bonds. The van der Waals surface area contributed by atoms with E-state index in [-0.39, 0.29) is 6.04 Å². The molecule has 7 heteroatoms. The first kappa shape index (κ1) is 16.2. The first-order chi connectivity index (χ1) is 8.58. The Bertz CT molecular complexity index is 414. The third-order valence-electron chi connectivity index (χ3n) is 2.82. The summed E-state index contributed by atoms with van der Waals surface area (Å²) < 4.78 is 29.8. The topological polar surface area (TPSA) is 75.7 Å². The Balaban J connectivity index is 2.60. The zero-order chi connectivity index (χ0) is 14.7. The second-order valence-electron chi connectivity index (χ2n) is 5.96. The Labute approximate surface area is 115 Å². The van der Waals surface area contributed by atoms with E-state index >= 15 is 0 Å². The molecule has 19 heavy (non-hydrogen) atoms. The molecular formula is C12H24N2O4S. The number of amides is 1. The molecule has 0 aromatic rings. The zero-order valence-corrected chi connectivity index (χ0v) is 12.9. The van der Waals surface area contributed by atoms with E-state index in [9.17, 15) is 13.2 Å².